The highest BCUT2D eigenvalue weighted by molar-refractivity contribution is 5.84. The molecule has 0 aliphatic carbocycles. The maximum absolute atomic E-state index is 13.9. The molecule has 6 rings (SSSR count). The zero-order valence-corrected chi connectivity index (χ0v) is 23.6. The summed E-state index contributed by atoms with van der Waals surface area (Å²) < 4.78 is 40.5. The van der Waals surface area contributed by atoms with Crippen molar-refractivity contribution in [3.8, 4) is 0 Å². The zero-order valence-electron chi connectivity index (χ0n) is 23.6. The SMILES string of the molecule is CC1Cc2c([nH]c3ccccc23)CN1CC(C)(C)F.Fc1cc(F)cc(N2CCC3(CCCNCC3)CC2)c1. The van der Waals surface area contributed by atoms with Gasteiger partial charge in [0.1, 0.15) is 17.3 Å². The van der Waals surface area contributed by atoms with Gasteiger partial charge in [-0.3, -0.25) is 4.90 Å². The molecule has 1 unspecified atom stereocenters. The summed E-state index contributed by atoms with van der Waals surface area (Å²) in [7, 11) is 0. The second-order valence-electron chi connectivity index (χ2n) is 12.5. The molecule has 1 aromatic heterocycles. The zero-order chi connectivity index (χ0) is 27.6. The Morgan fingerprint density at radius 1 is 0.974 bits per heavy atom. The Balaban J connectivity index is 0.000000158. The number of hydrogen-bond acceptors (Lipinski definition) is 3. The highest BCUT2D eigenvalue weighted by Crippen LogP contribution is 2.41. The van der Waals surface area contributed by atoms with E-state index in [0.717, 1.165) is 58.1 Å². The van der Waals surface area contributed by atoms with E-state index in [1.54, 1.807) is 13.8 Å². The molecule has 1 atom stereocenters. The van der Waals surface area contributed by atoms with Crippen LogP contribution in [0, 0.1) is 17.0 Å². The first-order chi connectivity index (χ1) is 18.6. The average molecular weight is 541 g/mol. The third kappa shape index (κ3) is 6.80. The van der Waals surface area contributed by atoms with E-state index in [4.69, 9.17) is 0 Å². The van der Waals surface area contributed by atoms with Crippen LogP contribution in [-0.2, 0) is 13.0 Å². The molecule has 0 bridgehead atoms. The van der Waals surface area contributed by atoms with Gasteiger partial charge in [0, 0.05) is 60.6 Å². The van der Waals surface area contributed by atoms with E-state index < -0.39 is 17.3 Å². The smallest absolute Gasteiger partial charge is 0.128 e. The number of alkyl halides is 1. The number of halogens is 3. The lowest BCUT2D eigenvalue weighted by atomic mass is 9.73. The third-order valence-corrected chi connectivity index (χ3v) is 8.89. The first-order valence-corrected chi connectivity index (χ1v) is 14.5. The lowest BCUT2D eigenvalue weighted by Crippen LogP contribution is -2.44. The number of para-hydroxylation sites is 1. The lowest BCUT2D eigenvalue weighted by molar-refractivity contribution is 0.0853. The van der Waals surface area contributed by atoms with E-state index in [1.807, 2.05) is 0 Å². The number of fused-ring (bicyclic) bond motifs is 3. The quantitative estimate of drug-likeness (QED) is 0.376. The second kappa shape index (κ2) is 11.5. The topological polar surface area (TPSA) is 34.3 Å². The molecule has 3 aliphatic heterocycles. The predicted molar refractivity (Wildman–Crippen MR) is 154 cm³/mol. The molecule has 0 radical (unpaired) electrons. The van der Waals surface area contributed by atoms with Crippen LogP contribution in [0.15, 0.2) is 42.5 Å². The van der Waals surface area contributed by atoms with Crippen LogP contribution >= 0.6 is 0 Å². The van der Waals surface area contributed by atoms with Gasteiger partial charge in [0.05, 0.1) is 0 Å². The van der Waals surface area contributed by atoms with Crippen molar-refractivity contribution in [2.75, 3.05) is 37.6 Å². The summed E-state index contributed by atoms with van der Waals surface area (Å²) in [4.78, 5) is 7.84. The lowest BCUT2D eigenvalue weighted by Gasteiger charge is -2.42. The Kier molecular flexibility index (Phi) is 8.29. The van der Waals surface area contributed by atoms with Gasteiger partial charge < -0.3 is 15.2 Å². The molecule has 2 N–H and O–H groups in total. The molecule has 212 valence electrons. The molecule has 0 amide bonds. The Morgan fingerprint density at radius 2 is 1.69 bits per heavy atom. The Morgan fingerprint density at radius 3 is 2.41 bits per heavy atom. The summed E-state index contributed by atoms with van der Waals surface area (Å²) in [6.45, 7) is 10.8. The summed E-state index contributed by atoms with van der Waals surface area (Å²) in [5.74, 6) is -0.974. The van der Waals surface area contributed by atoms with Crippen LogP contribution in [0.5, 0.6) is 0 Å². The van der Waals surface area contributed by atoms with Gasteiger partial charge in [-0.05, 0) is 102 Å². The molecule has 7 heteroatoms. The fourth-order valence-corrected chi connectivity index (χ4v) is 6.76. The average Bonchev–Trinajstić information content (AvgIpc) is 3.06. The van der Waals surface area contributed by atoms with Gasteiger partial charge >= 0.3 is 0 Å². The van der Waals surface area contributed by atoms with Crippen molar-refractivity contribution in [2.45, 2.75) is 77.6 Å². The van der Waals surface area contributed by atoms with E-state index in [1.165, 1.54) is 53.6 Å². The van der Waals surface area contributed by atoms with E-state index in [9.17, 15) is 13.2 Å². The van der Waals surface area contributed by atoms with Crippen LogP contribution in [0.25, 0.3) is 10.9 Å². The molecule has 2 saturated heterocycles. The molecule has 1 spiro atoms. The Labute approximate surface area is 231 Å². The first-order valence-electron chi connectivity index (χ1n) is 14.5. The van der Waals surface area contributed by atoms with Crippen LogP contribution in [0.1, 0.15) is 64.1 Å². The summed E-state index contributed by atoms with van der Waals surface area (Å²) in [5, 5.41) is 4.79. The van der Waals surface area contributed by atoms with Gasteiger partial charge in [-0.25, -0.2) is 13.2 Å². The van der Waals surface area contributed by atoms with E-state index in [-0.39, 0.29) is 0 Å². The van der Waals surface area contributed by atoms with Crippen LogP contribution in [0.3, 0.4) is 0 Å². The number of H-pyrrole nitrogens is 1. The van der Waals surface area contributed by atoms with Crippen molar-refractivity contribution < 1.29 is 13.2 Å². The van der Waals surface area contributed by atoms with Crippen LogP contribution < -0.4 is 10.2 Å². The van der Waals surface area contributed by atoms with Crippen molar-refractivity contribution in [3.05, 3.63) is 65.4 Å². The van der Waals surface area contributed by atoms with Gasteiger partial charge in [-0.2, -0.15) is 0 Å². The number of aromatic nitrogens is 1. The molecule has 4 heterocycles. The highest BCUT2D eigenvalue weighted by Gasteiger charge is 2.35. The normalized spacial score (nSPS) is 21.8. The van der Waals surface area contributed by atoms with Gasteiger partial charge in [0.2, 0.25) is 0 Å². The summed E-state index contributed by atoms with van der Waals surface area (Å²) in [5.41, 5.74) is 3.86. The van der Waals surface area contributed by atoms with Crippen molar-refractivity contribution in [3.63, 3.8) is 0 Å². The standard InChI is InChI=1S/C16H22F2N2.C16H21FN2/c17-13-10-14(18)12-15(11-13)20-8-4-16(5-9-20)2-1-6-19-7-3-16;1-11-8-13-12-6-4-5-7-14(12)18-15(13)9-19(11)10-16(2,3)17/h10-12,19H,1-9H2;4-7,11,18H,8-10H2,1-3H3. The molecule has 0 saturated carbocycles. The van der Waals surface area contributed by atoms with Gasteiger partial charge in [0.25, 0.3) is 0 Å². The van der Waals surface area contributed by atoms with Crippen LogP contribution in [0.2, 0.25) is 0 Å². The van der Waals surface area contributed by atoms with Gasteiger partial charge in [-0.1, -0.05) is 18.2 Å². The van der Waals surface area contributed by atoms with E-state index in [0.29, 0.717) is 23.7 Å². The van der Waals surface area contributed by atoms with Crippen molar-refractivity contribution >= 4 is 16.6 Å². The molecule has 2 aromatic carbocycles. The largest absolute Gasteiger partial charge is 0.371 e. The minimum absolute atomic E-state index is 0.390. The minimum Gasteiger partial charge on any atom is -0.371 e. The number of hydrogen-bond donors (Lipinski definition) is 2. The number of aromatic amines is 1. The third-order valence-electron chi connectivity index (χ3n) is 8.89. The van der Waals surface area contributed by atoms with Crippen LogP contribution in [0.4, 0.5) is 18.9 Å². The first kappa shape index (κ1) is 28.0. The molecular formula is C32H43F3N4. The summed E-state index contributed by atoms with van der Waals surface area (Å²) >= 11 is 0. The maximum Gasteiger partial charge on any atom is 0.128 e. The molecular weight excluding hydrogens is 497 g/mol. The molecule has 39 heavy (non-hydrogen) atoms. The van der Waals surface area contributed by atoms with Gasteiger partial charge in [0.15, 0.2) is 0 Å². The van der Waals surface area contributed by atoms with Crippen molar-refractivity contribution in [1.82, 2.24) is 15.2 Å². The maximum atomic E-state index is 13.9. The Bertz CT molecular complexity index is 1230. The van der Waals surface area contributed by atoms with E-state index in [2.05, 4.69) is 51.3 Å². The molecule has 3 aromatic rings. The number of benzene rings is 2. The number of nitrogens with one attached hydrogen (secondary N) is 2. The number of anilines is 1. The van der Waals surface area contributed by atoms with Crippen molar-refractivity contribution in [2.24, 2.45) is 5.41 Å². The number of piperidine rings is 1. The molecule has 4 nitrogen and oxygen atoms in total. The second-order valence-corrected chi connectivity index (χ2v) is 12.5. The Hall–Kier alpha value is -2.51. The van der Waals surface area contributed by atoms with Crippen molar-refractivity contribution in [1.29, 1.82) is 0 Å². The summed E-state index contributed by atoms with van der Waals surface area (Å²) in [6.07, 6.45) is 7.02. The number of nitrogens with zero attached hydrogens (tertiary/aromatic N) is 2. The predicted octanol–water partition coefficient (Wildman–Crippen LogP) is 6.99. The molecule has 3 aliphatic rings. The minimum atomic E-state index is -1.14. The summed E-state index contributed by atoms with van der Waals surface area (Å²) in [6, 6.07) is 12.6. The molecule has 2 fully saturated rings. The van der Waals surface area contributed by atoms with Gasteiger partial charge in [-0.15, -0.1) is 0 Å². The van der Waals surface area contributed by atoms with E-state index >= 15 is 0 Å². The number of rotatable bonds is 3. The highest BCUT2D eigenvalue weighted by atomic mass is 19.1. The monoisotopic (exact) mass is 540 g/mol. The fourth-order valence-electron chi connectivity index (χ4n) is 6.76. The fraction of sp³-hybridized carbons (Fsp3) is 0.562. The van der Waals surface area contributed by atoms with Crippen LogP contribution in [-0.4, -0.2) is 54.3 Å².